The lowest BCUT2D eigenvalue weighted by Crippen LogP contribution is -2.53. The Morgan fingerprint density at radius 3 is 2.45 bits per heavy atom. The maximum Gasteiger partial charge on any atom is 0.289 e. The molecule has 0 unspecified atom stereocenters. The zero-order valence-electron chi connectivity index (χ0n) is 16.9. The van der Waals surface area contributed by atoms with Gasteiger partial charge >= 0.3 is 0 Å². The largest absolute Gasteiger partial charge is 0.459 e. The van der Waals surface area contributed by atoms with Crippen molar-refractivity contribution >= 4 is 41.5 Å². The molecule has 7 nitrogen and oxygen atoms in total. The zero-order chi connectivity index (χ0) is 20.1. The summed E-state index contributed by atoms with van der Waals surface area (Å²) in [5.74, 6) is 0.759. The minimum absolute atomic E-state index is 0. The lowest BCUT2D eigenvalue weighted by molar-refractivity contribution is 0.0657. The molecule has 29 heavy (non-hydrogen) atoms. The van der Waals surface area contributed by atoms with Gasteiger partial charge in [-0.05, 0) is 29.8 Å². The number of carbonyl (C=O) groups excluding carboxylic acids is 1. The maximum atomic E-state index is 14.1. The van der Waals surface area contributed by atoms with Gasteiger partial charge in [0.1, 0.15) is 5.82 Å². The number of halogens is 2. The minimum Gasteiger partial charge on any atom is -0.459 e. The molecule has 2 aromatic rings. The molecular weight excluding hydrogens is 488 g/mol. The van der Waals surface area contributed by atoms with E-state index in [1.54, 1.807) is 35.0 Å². The minimum atomic E-state index is -0.246. The molecule has 0 spiro atoms. The van der Waals surface area contributed by atoms with Gasteiger partial charge in [-0.25, -0.2) is 4.39 Å². The summed E-state index contributed by atoms with van der Waals surface area (Å²) in [5.41, 5.74) is 1.40. The fourth-order valence-corrected chi connectivity index (χ4v) is 3.21. The van der Waals surface area contributed by atoms with Gasteiger partial charge in [0, 0.05) is 53.9 Å². The highest BCUT2D eigenvalue weighted by Crippen LogP contribution is 2.18. The Morgan fingerprint density at radius 1 is 1.21 bits per heavy atom. The van der Waals surface area contributed by atoms with Crippen molar-refractivity contribution in [3.63, 3.8) is 0 Å². The quantitative estimate of drug-likeness (QED) is 0.386. The highest BCUT2D eigenvalue weighted by atomic mass is 127. The number of guanidine groups is 1. The Morgan fingerprint density at radius 2 is 1.90 bits per heavy atom. The maximum absolute atomic E-state index is 14.1. The van der Waals surface area contributed by atoms with Gasteiger partial charge in [-0.1, -0.05) is 6.07 Å². The Balaban J connectivity index is 0.00000300. The van der Waals surface area contributed by atoms with Crippen LogP contribution in [-0.2, 0) is 6.54 Å². The fraction of sp³-hybridized carbons (Fsp3) is 0.400. The number of hydrogen-bond acceptors (Lipinski definition) is 4. The predicted molar refractivity (Wildman–Crippen MR) is 123 cm³/mol. The van der Waals surface area contributed by atoms with E-state index in [1.165, 1.54) is 12.3 Å². The van der Waals surface area contributed by atoms with Gasteiger partial charge < -0.3 is 24.4 Å². The summed E-state index contributed by atoms with van der Waals surface area (Å²) in [6, 6.07) is 8.60. The number of anilines is 1. The molecule has 0 saturated carbocycles. The molecule has 0 radical (unpaired) electrons. The molecule has 0 aliphatic carbocycles. The molecule has 1 N–H and O–H groups in total. The number of aliphatic imine (C=N–C) groups is 1. The van der Waals surface area contributed by atoms with Crippen LogP contribution < -0.4 is 10.2 Å². The van der Waals surface area contributed by atoms with Gasteiger partial charge in [-0.15, -0.1) is 24.0 Å². The van der Waals surface area contributed by atoms with E-state index in [0.717, 1.165) is 11.5 Å². The third-order valence-electron chi connectivity index (χ3n) is 4.75. The van der Waals surface area contributed by atoms with E-state index >= 15 is 0 Å². The third kappa shape index (κ3) is 5.62. The van der Waals surface area contributed by atoms with Gasteiger partial charge in [0.25, 0.3) is 5.91 Å². The number of hydrogen-bond donors (Lipinski definition) is 1. The molecule has 2 heterocycles. The first kappa shape index (κ1) is 23.0. The molecular formula is C20H27FIN5O2. The Hall–Kier alpha value is -2.30. The second-order valence-electron chi connectivity index (χ2n) is 6.84. The van der Waals surface area contributed by atoms with Crippen LogP contribution in [-0.4, -0.2) is 69.0 Å². The number of benzene rings is 1. The number of rotatable bonds is 4. The monoisotopic (exact) mass is 515 g/mol. The van der Waals surface area contributed by atoms with E-state index in [9.17, 15) is 9.18 Å². The molecule has 1 aliphatic rings. The van der Waals surface area contributed by atoms with Crippen LogP contribution in [0.15, 0.2) is 46.0 Å². The molecule has 0 bridgehead atoms. The zero-order valence-corrected chi connectivity index (χ0v) is 19.2. The molecule has 0 atom stereocenters. The lowest BCUT2D eigenvalue weighted by Gasteiger charge is -2.36. The van der Waals surface area contributed by atoms with Gasteiger partial charge in [0.2, 0.25) is 0 Å². The number of carbonyl (C=O) groups is 1. The first-order chi connectivity index (χ1) is 13.5. The molecule has 1 fully saturated rings. The molecule has 1 aromatic heterocycles. The first-order valence-electron chi connectivity index (χ1n) is 9.23. The normalized spacial score (nSPS) is 14.4. The Labute approximate surface area is 187 Å². The summed E-state index contributed by atoms with van der Waals surface area (Å²) in [6.07, 6.45) is 1.50. The molecule has 1 amide bonds. The average molecular weight is 515 g/mol. The van der Waals surface area contributed by atoms with Crippen molar-refractivity contribution in [2.75, 3.05) is 52.2 Å². The summed E-state index contributed by atoms with van der Waals surface area (Å²) < 4.78 is 19.3. The molecule has 1 aliphatic heterocycles. The van der Waals surface area contributed by atoms with Crippen LogP contribution in [0.3, 0.4) is 0 Å². The Bertz CT molecular complexity index is 833. The number of furan rings is 1. The van der Waals surface area contributed by atoms with Crippen molar-refractivity contribution in [1.29, 1.82) is 0 Å². The third-order valence-corrected chi connectivity index (χ3v) is 4.75. The average Bonchev–Trinajstić information content (AvgIpc) is 3.23. The van der Waals surface area contributed by atoms with Gasteiger partial charge in [-0.3, -0.25) is 9.79 Å². The SMILES string of the molecule is CN=C(NCc1ccc(N(C)C)c(F)c1)N1CCN(C(=O)c2ccco2)CC1.I. The van der Waals surface area contributed by atoms with E-state index in [-0.39, 0.29) is 35.7 Å². The summed E-state index contributed by atoms with van der Waals surface area (Å²) in [7, 11) is 5.35. The number of piperazine rings is 1. The summed E-state index contributed by atoms with van der Waals surface area (Å²) in [4.78, 5) is 22.3. The van der Waals surface area contributed by atoms with Crippen LogP contribution >= 0.6 is 24.0 Å². The van der Waals surface area contributed by atoms with Crippen molar-refractivity contribution in [1.82, 2.24) is 15.1 Å². The van der Waals surface area contributed by atoms with Crippen molar-refractivity contribution < 1.29 is 13.6 Å². The Kier molecular flexibility index (Phi) is 8.30. The van der Waals surface area contributed by atoms with Crippen molar-refractivity contribution in [2.45, 2.75) is 6.54 Å². The van der Waals surface area contributed by atoms with Crippen LogP contribution in [0.2, 0.25) is 0 Å². The first-order valence-corrected chi connectivity index (χ1v) is 9.23. The lowest BCUT2D eigenvalue weighted by atomic mass is 10.2. The van der Waals surface area contributed by atoms with Gasteiger partial charge in [-0.2, -0.15) is 0 Å². The van der Waals surface area contributed by atoms with E-state index in [4.69, 9.17) is 4.42 Å². The van der Waals surface area contributed by atoms with Crippen molar-refractivity contribution in [3.8, 4) is 0 Å². The summed E-state index contributed by atoms with van der Waals surface area (Å²) >= 11 is 0. The summed E-state index contributed by atoms with van der Waals surface area (Å²) in [5, 5.41) is 3.28. The molecule has 158 valence electrons. The number of nitrogens with one attached hydrogen (secondary N) is 1. The highest BCUT2D eigenvalue weighted by molar-refractivity contribution is 14.0. The van der Waals surface area contributed by atoms with E-state index in [1.807, 2.05) is 20.2 Å². The van der Waals surface area contributed by atoms with Crippen LogP contribution in [0.4, 0.5) is 10.1 Å². The topological polar surface area (TPSA) is 64.3 Å². The second-order valence-corrected chi connectivity index (χ2v) is 6.84. The van der Waals surface area contributed by atoms with Crippen LogP contribution in [0, 0.1) is 5.82 Å². The number of nitrogens with zero attached hydrogens (tertiary/aromatic N) is 4. The smallest absolute Gasteiger partial charge is 0.289 e. The fourth-order valence-electron chi connectivity index (χ4n) is 3.21. The molecule has 9 heteroatoms. The van der Waals surface area contributed by atoms with Crippen molar-refractivity contribution in [2.24, 2.45) is 4.99 Å². The summed E-state index contributed by atoms with van der Waals surface area (Å²) in [6.45, 7) is 2.99. The van der Waals surface area contributed by atoms with Crippen molar-refractivity contribution in [3.05, 3.63) is 53.7 Å². The van der Waals surface area contributed by atoms with E-state index < -0.39 is 0 Å². The molecule has 1 saturated heterocycles. The highest BCUT2D eigenvalue weighted by Gasteiger charge is 2.25. The van der Waals surface area contributed by atoms with E-state index in [2.05, 4.69) is 15.2 Å². The molecule has 3 rings (SSSR count). The predicted octanol–water partition coefficient (Wildman–Crippen LogP) is 2.64. The van der Waals surface area contributed by atoms with Gasteiger partial charge in [0.05, 0.1) is 12.0 Å². The molecule has 1 aromatic carbocycles. The van der Waals surface area contributed by atoms with Crippen LogP contribution in [0.5, 0.6) is 0 Å². The standard InChI is InChI=1S/C20H26FN5O2.HI/c1-22-20(23-14-15-6-7-17(24(2)3)16(21)13-15)26-10-8-25(9-11-26)19(27)18-5-4-12-28-18;/h4-7,12-13H,8-11,14H2,1-3H3,(H,22,23);1H. The van der Waals surface area contributed by atoms with E-state index in [0.29, 0.717) is 44.2 Å². The van der Waals surface area contributed by atoms with Gasteiger partial charge in [0.15, 0.2) is 11.7 Å². The second kappa shape index (κ2) is 10.5. The number of amides is 1. The van der Waals surface area contributed by atoms with Crippen LogP contribution in [0.1, 0.15) is 16.1 Å². The van der Waals surface area contributed by atoms with Crippen LogP contribution in [0.25, 0.3) is 0 Å².